The van der Waals surface area contributed by atoms with E-state index in [-0.39, 0.29) is 0 Å². The van der Waals surface area contributed by atoms with Crippen LogP contribution in [0.25, 0.3) is 10.1 Å². The summed E-state index contributed by atoms with van der Waals surface area (Å²) in [6, 6.07) is 6.58. The maximum Gasteiger partial charge on any atom is 0.0666 e. The summed E-state index contributed by atoms with van der Waals surface area (Å²) >= 11 is 11.2. The van der Waals surface area contributed by atoms with Gasteiger partial charge in [-0.2, -0.15) is 0 Å². The molecule has 1 aromatic carbocycles. The first-order valence-corrected chi connectivity index (χ1v) is 7.45. The third-order valence-corrected chi connectivity index (χ3v) is 4.71. The van der Waals surface area contributed by atoms with Gasteiger partial charge in [0.1, 0.15) is 0 Å². The molecule has 68 valence electrons. The van der Waals surface area contributed by atoms with E-state index in [4.69, 9.17) is 0 Å². The van der Waals surface area contributed by atoms with Crippen molar-refractivity contribution in [2.45, 2.75) is 5.33 Å². The van der Waals surface area contributed by atoms with Gasteiger partial charge in [-0.25, -0.2) is 0 Å². The van der Waals surface area contributed by atoms with Crippen LogP contribution in [0.5, 0.6) is 0 Å². The number of benzene rings is 1. The van der Waals surface area contributed by atoms with Crippen LogP contribution in [0, 0.1) is 2.88 Å². The van der Waals surface area contributed by atoms with Crippen LogP contribution in [0.4, 0.5) is 0 Å². The SMILES string of the molecule is BrCc1cc(Br)cc2sc(I)cc12. The molecule has 1 aromatic heterocycles. The zero-order valence-electron chi connectivity index (χ0n) is 6.48. The monoisotopic (exact) mass is 430 g/mol. The molecule has 0 aliphatic rings. The second-order valence-corrected chi connectivity index (χ2v) is 7.12. The summed E-state index contributed by atoms with van der Waals surface area (Å²) in [6.45, 7) is 0. The maximum atomic E-state index is 3.52. The fourth-order valence-corrected chi connectivity index (χ4v) is 4.27. The summed E-state index contributed by atoms with van der Waals surface area (Å²) < 4.78 is 3.86. The van der Waals surface area contributed by atoms with E-state index >= 15 is 0 Å². The van der Waals surface area contributed by atoms with Gasteiger partial charge in [-0.05, 0) is 51.7 Å². The lowest BCUT2D eigenvalue weighted by atomic mass is 10.2. The Hall–Kier alpha value is 0.870. The number of hydrogen-bond acceptors (Lipinski definition) is 1. The molecule has 0 fully saturated rings. The summed E-state index contributed by atoms with van der Waals surface area (Å²) in [7, 11) is 0. The summed E-state index contributed by atoms with van der Waals surface area (Å²) in [5, 5.41) is 2.28. The molecular weight excluding hydrogens is 427 g/mol. The molecule has 0 radical (unpaired) electrons. The number of hydrogen-bond donors (Lipinski definition) is 0. The predicted octanol–water partition coefficient (Wildman–Crippen LogP) is 5.16. The lowest BCUT2D eigenvalue weighted by Gasteiger charge is -1.99. The summed E-state index contributed by atoms with van der Waals surface area (Å²) in [4.78, 5) is 0. The molecule has 0 saturated carbocycles. The van der Waals surface area contributed by atoms with E-state index in [0.717, 1.165) is 9.80 Å². The van der Waals surface area contributed by atoms with Gasteiger partial charge in [0, 0.05) is 14.5 Å². The van der Waals surface area contributed by atoms with Crippen molar-refractivity contribution >= 4 is 75.9 Å². The zero-order valence-corrected chi connectivity index (χ0v) is 12.6. The summed E-state index contributed by atoms with van der Waals surface area (Å²) in [5.74, 6) is 0. The van der Waals surface area contributed by atoms with Crippen LogP contribution >= 0.6 is 65.8 Å². The van der Waals surface area contributed by atoms with Crippen molar-refractivity contribution in [2.24, 2.45) is 0 Å². The topological polar surface area (TPSA) is 0 Å². The molecule has 0 amide bonds. The lowest BCUT2D eigenvalue weighted by molar-refractivity contribution is 1.48. The van der Waals surface area contributed by atoms with Crippen LogP contribution in [0.1, 0.15) is 5.56 Å². The van der Waals surface area contributed by atoms with Crippen molar-refractivity contribution < 1.29 is 0 Å². The standard InChI is InChI=1S/C9H5Br2IS/c10-4-5-1-6(11)2-8-7(5)3-9(12)13-8/h1-3H,4H2. The smallest absolute Gasteiger partial charge is 0.0666 e. The van der Waals surface area contributed by atoms with Crippen molar-refractivity contribution in [3.63, 3.8) is 0 Å². The third kappa shape index (κ3) is 2.11. The van der Waals surface area contributed by atoms with Crippen LogP contribution in [0.3, 0.4) is 0 Å². The third-order valence-electron chi connectivity index (χ3n) is 1.80. The Morgan fingerprint density at radius 2 is 2.08 bits per heavy atom. The first-order valence-electron chi connectivity index (χ1n) is 3.64. The average molecular weight is 432 g/mol. The van der Waals surface area contributed by atoms with Crippen molar-refractivity contribution in [3.05, 3.63) is 31.1 Å². The van der Waals surface area contributed by atoms with Gasteiger partial charge < -0.3 is 0 Å². The highest BCUT2D eigenvalue weighted by Gasteiger charge is 2.05. The fraction of sp³-hybridized carbons (Fsp3) is 0.111. The first-order chi connectivity index (χ1) is 6.20. The highest BCUT2D eigenvalue weighted by Crippen LogP contribution is 2.33. The van der Waals surface area contributed by atoms with Crippen LogP contribution in [0.2, 0.25) is 0 Å². The molecule has 0 aliphatic heterocycles. The van der Waals surface area contributed by atoms with Gasteiger partial charge in [0.25, 0.3) is 0 Å². The van der Waals surface area contributed by atoms with E-state index < -0.39 is 0 Å². The van der Waals surface area contributed by atoms with E-state index in [1.54, 1.807) is 0 Å². The molecule has 13 heavy (non-hydrogen) atoms. The molecule has 0 spiro atoms. The molecule has 0 N–H and O–H groups in total. The van der Waals surface area contributed by atoms with Gasteiger partial charge in [-0.1, -0.05) is 31.9 Å². The van der Waals surface area contributed by atoms with E-state index in [0.29, 0.717) is 0 Å². The second-order valence-electron chi connectivity index (χ2n) is 2.66. The molecule has 0 aliphatic carbocycles. The molecule has 0 atom stereocenters. The Morgan fingerprint density at radius 3 is 2.77 bits per heavy atom. The number of alkyl halides is 1. The zero-order chi connectivity index (χ0) is 9.42. The Kier molecular flexibility index (Phi) is 3.33. The largest absolute Gasteiger partial charge is 0.129 e. The van der Waals surface area contributed by atoms with Gasteiger partial charge in [-0.3, -0.25) is 0 Å². The normalized spacial score (nSPS) is 11.0. The Balaban J connectivity index is 2.80. The molecule has 2 aromatic rings. The first kappa shape index (κ1) is 10.4. The minimum absolute atomic E-state index is 0.912. The molecule has 0 bridgehead atoms. The Bertz CT molecular complexity index is 450. The van der Waals surface area contributed by atoms with E-state index in [9.17, 15) is 0 Å². The van der Waals surface area contributed by atoms with Gasteiger partial charge in [0.05, 0.1) is 2.88 Å². The molecule has 1 heterocycles. The summed E-state index contributed by atoms with van der Waals surface area (Å²) in [5.41, 5.74) is 1.35. The van der Waals surface area contributed by atoms with E-state index in [1.807, 2.05) is 11.3 Å². The number of thiophene rings is 1. The molecular formula is C9H5Br2IS. The van der Waals surface area contributed by atoms with Gasteiger partial charge >= 0.3 is 0 Å². The highest BCUT2D eigenvalue weighted by molar-refractivity contribution is 14.1. The number of rotatable bonds is 1. The quantitative estimate of drug-likeness (QED) is 0.432. The van der Waals surface area contributed by atoms with Crippen LogP contribution in [-0.4, -0.2) is 0 Å². The lowest BCUT2D eigenvalue weighted by Crippen LogP contribution is -1.77. The van der Waals surface area contributed by atoms with Crippen molar-refractivity contribution in [1.29, 1.82) is 0 Å². The van der Waals surface area contributed by atoms with Gasteiger partial charge in [0.15, 0.2) is 0 Å². The molecule has 0 nitrogen and oxygen atoms in total. The Morgan fingerprint density at radius 1 is 1.31 bits per heavy atom. The number of halogens is 3. The van der Waals surface area contributed by atoms with Crippen LogP contribution in [0.15, 0.2) is 22.7 Å². The highest BCUT2D eigenvalue weighted by atomic mass is 127. The minimum atomic E-state index is 0.912. The Labute approximate surface area is 111 Å². The van der Waals surface area contributed by atoms with E-state index in [2.05, 4.69) is 72.6 Å². The number of fused-ring (bicyclic) bond motifs is 1. The molecule has 2 rings (SSSR count). The van der Waals surface area contributed by atoms with Crippen LogP contribution < -0.4 is 0 Å². The van der Waals surface area contributed by atoms with E-state index in [1.165, 1.54) is 18.5 Å². The summed E-state index contributed by atoms with van der Waals surface area (Å²) in [6.07, 6.45) is 0. The maximum absolute atomic E-state index is 3.52. The van der Waals surface area contributed by atoms with Crippen molar-refractivity contribution in [2.75, 3.05) is 0 Å². The molecule has 0 saturated heterocycles. The fourth-order valence-electron chi connectivity index (χ4n) is 1.25. The van der Waals surface area contributed by atoms with Gasteiger partial charge in [0.2, 0.25) is 0 Å². The predicted molar refractivity (Wildman–Crippen MR) is 74.9 cm³/mol. The average Bonchev–Trinajstić information content (AvgIpc) is 2.43. The second kappa shape index (κ2) is 4.16. The van der Waals surface area contributed by atoms with Crippen molar-refractivity contribution in [3.8, 4) is 0 Å². The molecule has 4 heteroatoms. The van der Waals surface area contributed by atoms with Crippen LogP contribution in [-0.2, 0) is 5.33 Å². The van der Waals surface area contributed by atoms with Gasteiger partial charge in [-0.15, -0.1) is 11.3 Å². The van der Waals surface area contributed by atoms with Crippen molar-refractivity contribution in [1.82, 2.24) is 0 Å². The minimum Gasteiger partial charge on any atom is -0.129 e. The molecule has 0 unspecified atom stereocenters.